The van der Waals surface area contributed by atoms with Crippen LogP contribution in [0.1, 0.15) is 59.3 Å². The molecule has 0 radical (unpaired) electrons. The van der Waals surface area contributed by atoms with Gasteiger partial charge in [-0.1, -0.05) is 26.7 Å². The highest BCUT2D eigenvalue weighted by atomic mass is 16.2. The summed E-state index contributed by atoms with van der Waals surface area (Å²) in [5.74, 6) is 0.818. The lowest BCUT2D eigenvalue weighted by molar-refractivity contribution is 0.282. The summed E-state index contributed by atoms with van der Waals surface area (Å²) in [6, 6.07) is 0.658. The predicted octanol–water partition coefficient (Wildman–Crippen LogP) is 2.95. The van der Waals surface area contributed by atoms with Gasteiger partial charge >= 0.3 is 0 Å². The fourth-order valence-electron chi connectivity index (χ4n) is 1.62. The van der Waals surface area contributed by atoms with Gasteiger partial charge in [-0.05, 0) is 45.1 Å². The van der Waals surface area contributed by atoms with E-state index in [4.69, 9.17) is 5.11 Å². The molecule has 0 bridgehead atoms. The molecule has 2 heteroatoms. The van der Waals surface area contributed by atoms with Crippen molar-refractivity contribution in [3.05, 3.63) is 0 Å². The van der Waals surface area contributed by atoms with Crippen molar-refractivity contribution in [3.63, 3.8) is 0 Å². The Bertz CT molecular complexity index is 126. The number of rotatable bonds is 10. The van der Waals surface area contributed by atoms with Crippen molar-refractivity contribution in [1.29, 1.82) is 0 Å². The second-order valence-electron chi connectivity index (χ2n) is 4.96. The van der Waals surface area contributed by atoms with Crippen LogP contribution in [-0.4, -0.2) is 24.3 Å². The van der Waals surface area contributed by atoms with Crippen LogP contribution < -0.4 is 5.32 Å². The summed E-state index contributed by atoms with van der Waals surface area (Å²) in [6.45, 7) is 8.31. The molecule has 0 spiro atoms. The molecule has 1 unspecified atom stereocenters. The molecule has 0 saturated heterocycles. The van der Waals surface area contributed by atoms with Gasteiger partial charge < -0.3 is 10.4 Å². The molecule has 0 aliphatic rings. The molecule has 0 amide bonds. The van der Waals surface area contributed by atoms with Gasteiger partial charge in [0.15, 0.2) is 0 Å². The van der Waals surface area contributed by atoms with Gasteiger partial charge in [0.2, 0.25) is 0 Å². The molecule has 0 aromatic heterocycles. The van der Waals surface area contributed by atoms with Crippen LogP contribution in [0.15, 0.2) is 0 Å². The third-order valence-electron chi connectivity index (χ3n) is 2.75. The highest BCUT2D eigenvalue weighted by Crippen LogP contribution is 2.06. The molecule has 0 saturated carbocycles. The molecular formula is C13H29NO. The monoisotopic (exact) mass is 215 g/mol. The Morgan fingerprint density at radius 1 is 0.933 bits per heavy atom. The lowest BCUT2D eigenvalue weighted by Crippen LogP contribution is -2.27. The molecule has 15 heavy (non-hydrogen) atoms. The van der Waals surface area contributed by atoms with Crippen molar-refractivity contribution in [1.82, 2.24) is 5.32 Å². The minimum absolute atomic E-state index is 0.345. The molecule has 0 fully saturated rings. The minimum Gasteiger partial charge on any atom is -0.396 e. The molecule has 2 N–H and O–H groups in total. The van der Waals surface area contributed by atoms with Gasteiger partial charge in [-0.15, -0.1) is 0 Å². The summed E-state index contributed by atoms with van der Waals surface area (Å²) in [4.78, 5) is 0. The van der Waals surface area contributed by atoms with E-state index in [1.165, 1.54) is 32.1 Å². The third kappa shape index (κ3) is 11.8. The Balaban J connectivity index is 3.13. The zero-order chi connectivity index (χ0) is 11.5. The van der Waals surface area contributed by atoms with Crippen molar-refractivity contribution in [2.75, 3.05) is 13.2 Å². The fraction of sp³-hybridized carbons (Fsp3) is 1.00. The van der Waals surface area contributed by atoms with Crippen LogP contribution in [0.4, 0.5) is 0 Å². The summed E-state index contributed by atoms with van der Waals surface area (Å²) in [5, 5.41) is 12.2. The molecule has 2 nitrogen and oxygen atoms in total. The van der Waals surface area contributed by atoms with E-state index in [9.17, 15) is 0 Å². The second-order valence-corrected chi connectivity index (χ2v) is 4.96. The first kappa shape index (κ1) is 14.9. The van der Waals surface area contributed by atoms with Crippen LogP contribution in [0.2, 0.25) is 0 Å². The molecule has 0 aliphatic carbocycles. The summed E-state index contributed by atoms with van der Waals surface area (Å²) < 4.78 is 0. The van der Waals surface area contributed by atoms with Crippen LogP contribution in [0.3, 0.4) is 0 Å². The first-order valence-corrected chi connectivity index (χ1v) is 6.51. The molecule has 1 atom stereocenters. The van der Waals surface area contributed by atoms with E-state index in [0.717, 1.165) is 18.9 Å². The number of nitrogens with one attached hydrogen (secondary N) is 1. The van der Waals surface area contributed by atoms with Gasteiger partial charge in [0.1, 0.15) is 0 Å². The largest absolute Gasteiger partial charge is 0.396 e. The van der Waals surface area contributed by atoms with Gasteiger partial charge in [0, 0.05) is 12.6 Å². The van der Waals surface area contributed by atoms with Crippen molar-refractivity contribution < 1.29 is 5.11 Å². The Morgan fingerprint density at radius 2 is 1.60 bits per heavy atom. The summed E-state index contributed by atoms with van der Waals surface area (Å²) in [5.41, 5.74) is 0. The molecule has 92 valence electrons. The Kier molecular flexibility index (Phi) is 10.4. The lowest BCUT2D eigenvalue weighted by Gasteiger charge is -2.14. The first-order valence-electron chi connectivity index (χ1n) is 6.51. The van der Waals surface area contributed by atoms with Crippen molar-refractivity contribution in [2.45, 2.75) is 65.3 Å². The smallest absolute Gasteiger partial charge is 0.0431 e. The fourth-order valence-corrected chi connectivity index (χ4v) is 1.62. The number of aliphatic hydroxyl groups excluding tert-OH is 1. The molecular weight excluding hydrogens is 186 g/mol. The Morgan fingerprint density at radius 3 is 2.20 bits per heavy atom. The Labute approximate surface area is 95.5 Å². The topological polar surface area (TPSA) is 32.3 Å². The molecule has 0 aromatic rings. The maximum Gasteiger partial charge on any atom is 0.0431 e. The number of aliphatic hydroxyl groups is 1. The maximum atomic E-state index is 8.62. The van der Waals surface area contributed by atoms with E-state index >= 15 is 0 Å². The SMILES string of the molecule is CC(C)CCC(C)NCCCCCCO. The minimum atomic E-state index is 0.345. The van der Waals surface area contributed by atoms with Gasteiger partial charge in [-0.2, -0.15) is 0 Å². The normalized spacial score (nSPS) is 13.4. The molecule has 0 aliphatic heterocycles. The zero-order valence-corrected chi connectivity index (χ0v) is 10.8. The summed E-state index contributed by atoms with van der Waals surface area (Å²) in [6.07, 6.45) is 7.21. The van der Waals surface area contributed by atoms with E-state index in [-0.39, 0.29) is 0 Å². The van der Waals surface area contributed by atoms with Crippen molar-refractivity contribution >= 4 is 0 Å². The lowest BCUT2D eigenvalue weighted by atomic mass is 10.0. The predicted molar refractivity (Wildman–Crippen MR) is 67.1 cm³/mol. The van der Waals surface area contributed by atoms with Crippen molar-refractivity contribution in [2.24, 2.45) is 5.92 Å². The third-order valence-corrected chi connectivity index (χ3v) is 2.75. The summed E-state index contributed by atoms with van der Waals surface area (Å²) >= 11 is 0. The Hall–Kier alpha value is -0.0800. The highest BCUT2D eigenvalue weighted by Gasteiger charge is 2.02. The van der Waals surface area contributed by atoms with Crippen molar-refractivity contribution in [3.8, 4) is 0 Å². The van der Waals surface area contributed by atoms with Gasteiger partial charge in [-0.3, -0.25) is 0 Å². The van der Waals surface area contributed by atoms with Crippen LogP contribution in [0.5, 0.6) is 0 Å². The average Bonchev–Trinajstić information content (AvgIpc) is 2.20. The quantitative estimate of drug-likeness (QED) is 0.549. The molecule has 0 aromatic carbocycles. The van der Waals surface area contributed by atoms with Gasteiger partial charge in [0.05, 0.1) is 0 Å². The van der Waals surface area contributed by atoms with Crippen LogP contribution in [0.25, 0.3) is 0 Å². The molecule has 0 heterocycles. The zero-order valence-electron chi connectivity index (χ0n) is 10.8. The van der Waals surface area contributed by atoms with Crippen LogP contribution in [0, 0.1) is 5.92 Å². The van der Waals surface area contributed by atoms with Gasteiger partial charge in [0.25, 0.3) is 0 Å². The number of hydrogen-bond acceptors (Lipinski definition) is 2. The maximum absolute atomic E-state index is 8.62. The standard InChI is InChI=1S/C13H29NO/c1-12(2)8-9-13(3)14-10-6-4-5-7-11-15/h12-15H,4-11H2,1-3H3. The average molecular weight is 215 g/mol. The van der Waals surface area contributed by atoms with Gasteiger partial charge in [-0.25, -0.2) is 0 Å². The van der Waals surface area contributed by atoms with Crippen LogP contribution >= 0.6 is 0 Å². The number of unbranched alkanes of at least 4 members (excludes halogenated alkanes) is 3. The van der Waals surface area contributed by atoms with E-state index in [2.05, 4.69) is 26.1 Å². The van der Waals surface area contributed by atoms with Crippen LogP contribution in [-0.2, 0) is 0 Å². The summed E-state index contributed by atoms with van der Waals surface area (Å²) in [7, 11) is 0. The van der Waals surface area contributed by atoms with E-state index in [1.807, 2.05) is 0 Å². The second kappa shape index (κ2) is 10.4. The number of hydrogen-bond donors (Lipinski definition) is 2. The molecule has 0 rings (SSSR count). The highest BCUT2D eigenvalue weighted by molar-refractivity contribution is 4.61. The first-order chi connectivity index (χ1) is 7.16. The van der Waals surface area contributed by atoms with E-state index < -0.39 is 0 Å². The van der Waals surface area contributed by atoms with E-state index in [0.29, 0.717) is 12.6 Å². The van der Waals surface area contributed by atoms with E-state index in [1.54, 1.807) is 0 Å².